The van der Waals surface area contributed by atoms with E-state index < -0.39 is 5.97 Å². The van der Waals surface area contributed by atoms with Gasteiger partial charge >= 0.3 is 5.97 Å². The normalized spacial score (nSPS) is 10.8. The van der Waals surface area contributed by atoms with Crippen LogP contribution in [0.1, 0.15) is 20.8 Å². The summed E-state index contributed by atoms with van der Waals surface area (Å²) in [5, 5.41) is 10.5. The fraction of sp³-hybridized carbons (Fsp3) is 0.125. The number of hydrogen-bond donors (Lipinski definition) is 1. The average Bonchev–Trinajstić information content (AvgIpc) is 2.92. The molecule has 0 saturated carbocycles. The Balaban J connectivity index is 2.26. The third-order valence-corrected chi connectivity index (χ3v) is 3.94. The number of nitrogens with zero attached hydrogens (tertiary/aromatic N) is 1. The van der Waals surface area contributed by atoms with Gasteiger partial charge in [0.15, 0.2) is 0 Å². The summed E-state index contributed by atoms with van der Waals surface area (Å²) in [5.74, 6) is -1.19. The number of aliphatic carboxylic acids is 1. The van der Waals surface area contributed by atoms with Crippen LogP contribution in [-0.4, -0.2) is 24.0 Å². The second-order valence-corrected chi connectivity index (χ2v) is 5.49. The third-order valence-electron chi connectivity index (χ3n) is 3.02. The van der Waals surface area contributed by atoms with Crippen LogP contribution < -0.4 is 4.90 Å². The molecule has 0 spiro atoms. The molecule has 1 aromatic carbocycles. The van der Waals surface area contributed by atoms with Crippen LogP contribution in [0.25, 0.3) is 6.08 Å². The van der Waals surface area contributed by atoms with Gasteiger partial charge < -0.3 is 10.0 Å². The molecule has 0 bridgehead atoms. The second-order valence-electron chi connectivity index (χ2n) is 4.58. The van der Waals surface area contributed by atoms with E-state index in [1.165, 1.54) is 17.4 Å². The molecule has 21 heavy (non-hydrogen) atoms. The van der Waals surface area contributed by atoms with Crippen molar-refractivity contribution in [1.29, 1.82) is 0 Å². The molecule has 1 amide bonds. The number of carboxylic acids is 1. The number of benzene rings is 1. The fourth-order valence-electron chi connectivity index (χ4n) is 1.82. The lowest BCUT2D eigenvalue weighted by molar-refractivity contribution is -0.131. The van der Waals surface area contributed by atoms with Crippen LogP contribution in [0.3, 0.4) is 0 Å². The zero-order valence-electron chi connectivity index (χ0n) is 11.7. The number of thiophene rings is 1. The van der Waals surface area contributed by atoms with Gasteiger partial charge in [0.2, 0.25) is 0 Å². The lowest BCUT2D eigenvalue weighted by Gasteiger charge is -2.17. The average molecular weight is 301 g/mol. The van der Waals surface area contributed by atoms with E-state index in [1.807, 2.05) is 31.2 Å². The Labute approximate surface area is 127 Å². The number of hydrogen-bond acceptors (Lipinski definition) is 3. The van der Waals surface area contributed by atoms with Gasteiger partial charge in [-0.05, 0) is 42.1 Å². The van der Waals surface area contributed by atoms with Crippen LogP contribution in [0.15, 0.2) is 41.8 Å². The molecule has 2 aromatic rings. The molecule has 1 aromatic heterocycles. The molecule has 0 fully saturated rings. The smallest absolute Gasteiger partial charge is 0.328 e. The molecule has 4 nitrogen and oxygen atoms in total. The van der Waals surface area contributed by atoms with E-state index in [2.05, 4.69) is 0 Å². The lowest BCUT2D eigenvalue weighted by atomic mass is 10.2. The Morgan fingerprint density at radius 2 is 1.86 bits per heavy atom. The summed E-state index contributed by atoms with van der Waals surface area (Å²) >= 11 is 1.30. The highest BCUT2D eigenvalue weighted by atomic mass is 32.1. The Bertz CT molecular complexity index is 686. The van der Waals surface area contributed by atoms with Crippen molar-refractivity contribution in [1.82, 2.24) is 0 Å². The van der Waals surface area contributed by atoms with E-state index in [1.54, 1.807) is 23.4 Å². The van der Waals surface area contributed by atoms with Crippen molar-refractivity contribution in [2.24, 2.45) is 0 Å². The standard InChI is InChI=1S/C16H15NO3S/c1-11-3-6-13(7-4-11)17(2)16(20)15-12(9-10-21-15)5-8-14(18)19/h3-10H,1-2H3,(H,18,19). The van der Waals surface area contributed by atoms with Crippen LogP contribution in [0.2, 0.25) is 0 Å². The monoisotopic (exact) mass is 301 g/mol. The van der Waals surface area contributed by atoms with Crippen LogP contribution in [0.5, 0.6) is 0 Å². The Morgan fingerprint density at radius 1 is 1.19 bits per heavy atom. The summed E-state index contributed by atoms with van der Waals surface area (Å²) in [7, 11) is 1.71. The summed E-state index contributed by atoms with van der Waals surface area (Å²) in [6.45, 7) is 1.99. The fourth-order valence-corrected chi connectivity index (χ4v) is 2.68. The summed E-state index contributed by atoms with van der Waals surface area (Å²) in [5.41, 5.74) is 2.54. The number of aryl methyl sites for hydroxylation is 1. The van der Waals surface area contributed by atoms with Crippen LogP contribution in [0, 0.1) is 6.92 Å². The zero-order valence-corrected chi connectivity index (χ0v) is 12.6. The maximum atomic E-state index is 12.5. The summed E-state index contributed by atoms with van der Waals surface area (Å²) < 4.78 is 0. The molecular weight excluding hydrogens is 286 g/mol. The molecule has 0 aliphatic rings. The number of carbonyl (C=O) groups is 2. The zero-order chi connectivity index (χ0) is 15.4. The van der Waals surface area contributed by atoms with Crippen molar-refractivity contribution in [3.63, 3.8) is 0 Å². The van der Waals surface area contributed by atoms with Crippen molar-refractivity contribution < 1.29 is 14.7 Å². The summed E-state index contributed by atoms with van der Waals surface area (Å²) in [6, 6.07) is 9.39. The molecule has 0 saturated heterocycles. The van der Waals surface area contributed by atoms with Gasteiger partial charge in [-0.25, -0.2) is 4.79 Å². The highest BCUT2D eigenvalue weighted by Crippen LogP contribution is 2.23. The first-order valence-corrected chi connectivity index (χ1v) is 7.20. The van der Waals surface area contributed by atoms with Gasteiger partial charge in [0.05, 0.1) is 4.88 Å². The number of rotatable bonds is 4. The molecule has 0 radical (unpaired) electrons. The highest BCUT2D eigenvalue weighted by Gasteiger charge is 2.17. The minimum Gasteiger partial charge on any atom is -0.478 e. The first-order chi connectivity index (χ1) is 9.99. The topological polar surface area (TPSA) is 57.6 Å². The van der Waals surface area contributed by atoms with Gasteiger partial charge in [-0.15, -0.1) is 11.3 Å². The largest absolute Gasteiger partial charge is 0.478 e. The first-order valence-electron chi connectivity index (χ1n) is 6.32. The maximum Gasteiger partial charge on any atom is 0.328 e. The Kier molecular flexibility index (Phi) is 4.55. The van der Waals surface area contributed by atoms with Crippen LogP contribution in [0.4, 0.5) is 5.69 Å². The molecule has 2 rings (SSSR count). The third kappa shape index (κ3) is 3.58. The predicted molar refractivity (Wildman–Crippen MR) is 84.9 cm³/mol. The Hall–Kier alpha value is -2.40. The van der Waals surface area contributed by atoms with E-state index in [-0.39, 0.29) is 5.91 Å². The van der Waals surface area contributed by atoms with E-state index >= 15 is 0 Å². The molecule has 0 aliphatic carbocycles. The summed E-state index contributed by atoms with van der Waals surface area (Å²) in [6.07, 6.45) is 2.47. The van der Waals surface area contributed by atoms with E-state index in [0.29, 0.717) is 10.4 Å². The van der Waals surface area contributed by atoms with Crippen molar-refractivity contribution in [3.05, 3.63) is 57.8 Å². The SMILES string of the molecule is Cc1ccc(N(C)C(=O)c2sccc2C=CC(=O)O)cc1. The van der Waals surface area contributed by atoms with Gasteiger partial charge in [0.1, 0.15) is 0 Å². The number of anilines is 1. The van der Waals surface area contributed by atoms with Crippen molar-refractivity contribution >= 4 is 35.0 Å². The molecule has 1 heterocycles. The molecule has 0 atom stereocenters. The molecular formula is C16H15NO3S. The molecule has 1 N–H and O–H groups in total. The highest BCUT2D eigenvalue weighted by molar-refractivity contribution is 7.12. The van der Waals surface area contributed by atoms with Crippen LogP contribution in [-0.2, 0) is 4.79 Å². The van der Waals surface area contributed by atoms with Gasteiger partial charge in [0, 0.05) is 18.8 Å². The lowest BCUT2D eigenvalue weighted by Crippen LogP contribution is -2.25. The summed E-state index contributed by atoms with van der Waals surface area (Å²) in [4.78, 5) is 25.2. The quantitative estimate of drug-likeness (QED) is 0.880. The number of amides is 1. The van der Waals surface area contributed by atoms with Crippen molar-refractivity contribution in [2.45, 2.75) is 6.92 Å². The van der Waals surface area contributed by atoms with Crippen LogP contribution >= 0.6 is 11.3 Å². The Morgan fingerprint density at radius 3 is 2.48 bits per heavy atom. The van der Waals surface area contributed by atoms with Gasteiger partial charge in [-0.1, -0.05) is 17.7 Å². The van der Waals surface area contributed by atoms with Gasteiger partial charge in [-0.2, -0.15) is 0 Å². The molecule has 0 aliphatic heterocycles. The molecule has 5 heteroatoms. The van der Waals surface area contributed by atoms with Crippen molar-refractivity contribution in [3.8, 4) is 0 Å². The minimum absolute atomic E-state index is 0.154. The van der Waals surface area contributed by atoms with E-state index in [9.17, 15) is 9.59 Å². The predicted octanol–water partition coefficient (Wildman–Crippen LogP) is 3.43. The molecule has 108 valence electrons. The van der Waals surface area contributed by atoms with Gasteiger partial charge in [0.25, 0.3) is 5.91 Å². The first kappa shape index (κ1) is 15.0. The maximum absolute atomic E-state index is 12.5. The second kappa shape index (κ2) is 6.37. The van der Waals surface area contributed by atoms with Crippen molar-refractivity contribution in [2.75, 3.05) is 11.9 Å². The van der Waals surface area contributed by atoms with E-state index in [0.717, 1.165) is 17.3 Å². The number of carbonyl (C=O) groups excluding carboxylic acids is 1. The van der Waals surface area contributed by atoms with Gasteiger partial charge in [-0.3, -0.25) is 4.79 Å². The minimum atomic E-state index is -1.04. The molecule has 0 unspecified atom stereocenters. The number of carboxylic acid groups (broad SMARTS) is 1. The van der Waals surface area contributed by atoms with E-state index in [4.69, 9.17) is 5.11 Å².